The standard InChI is InChI=1S/C11H7F3N2O4/c1-5-4-6-8(16(18)19)3-2-7(9(6)20-5)15-10(17)11(12,13)14/h2-4H,1H3,(H,15,17). The zero-order valence-electron chi connectivity index (χ0n) is 9.95. The Labute approximate surface area is 109 Å². The van der Waals surface area contributed by atoms with Crippen molar-refractivity contribution in [1.29, 1.82) is 0 Å². The van der Waals surface area contributed by atoms with Crippen LogP contribution in [0.15, 0.2) is 22.6 Å². The second-order valence-electron chi connectivity index (χ2n) is 3.94. The number of carbonyl (C=O) groups excluding carboxylic acids is 1. The Morgan fingerprint density at radius 3 is 2.60 bits per heavy atom. The van der Waals surface area contributed by atoms with Crippen molar-refractivity contribution >= 4 is 28.3 Å². The number of rotatable bonds is 2. The molecule has 0 bridgehead atoms. The molecule has 1 heterocycles. The molecule has 0 radical (unpaired) electrons. The van der Waals surface area contributed by atoms with Crippen LogP contribution in [0.3, 0.4) is 0 Å². The van der Waals surface area contributed by atoms with Gasteiger partial charge in [0.15, 0.2) is 5.58 Å². The molecule has 1 aromatic heterocycles. The first kappa shape index (κ1) is 13.8. The van der Waals surface area contributed by atoms with Crippen LogP contribution in [0.5, 0.6) is 0 Å². The maximum absolute atomic E-state index is 12.2. The lowest BCUT2D eigenvalue weighted by Crippen LogP contribution is -2.29. The summed E-state index contributed by atoms with van der Waals surface area (Å²) in [6.45, 7) is 1.49. The van der Waals surface area contributed by atoms with E-state index in [4.69, 9.17) is 4.42 Å². The molecular formula is C11H7F3N2O4. The number of furan rings is 1. The Kier molecular flexibility index (Phi) is 3.12. The first-order chi connectivity index (χ1) is 9.20. The number of nitrogens with zero attached hydrogens (tertiary/aromatic N) is 1. The van der Waals surface area contributed by atoms with Crippen molar-refractivity contribution in [3.8, 4) is 0 Å². The summed E-state index contributed by atoms with van der Waals surface area (Å²) in [6.07, 6.45) is -5.06. The Bertz CT molecular complexity index is 705. The molecule has 106 valence electrons. The lowest BCUT2D eigenvalue weighted by atomic mass is 10.2. The van der Waals surface area contributed by atoms with Gasteiger partial charge in [-0.3, -0.25) is 14.9 Å². The van der Waals surface area contributed by atoms with Gasteiger partial charge in [0.2, 0.25) is 0 Å². The van der Waals surface area contributed by atoms with Crippen LogP contribution < -0.4 is 5.32 Å². The van der Waals surface area contributed by atoms with Gasteiger partial charge in [0.25, 0.3) is 5.69 Å². The fourth-order valence-electron chi connectivity index (χ4n) is 1.68. The molecule has 0 unspecified atom stereocenters. The van der Waals surface area contributed by atoms with E-state index >= 15 is 0 Å². The molecule has 0 aliphatic carbocycles. The van der Waals surface area contributed by atoms with E-state index in [2.05, 4.69) is 0 Å². The van der Waals surface area contributed by atoms with E-state index < -0.39 is 17.0 Å². The van der Waals surface area contributed by atoms with Crippen LogP contribution in [-0.4, -0.2) is 17.0 Å². The Morgan fingerprint density at radius 2 is 2.05 bits per heavy atom. The number of non-ortho nitro benzene ring substituents is 1. The molecule has 1 aromatic carbocycles. The van der Waals surface area contributed by atoms with E-state index in [0.717, 1.165) is 12.1 Å². The third kappa shape index (κ3) is 2.42. The number of nitro groups is 1. The normalized spacial score (nSPS) is 11.6. The van der Waals surface area contributed by atoms with Gasteiger partial charge < -0.3 is 9.73 Å². The van der Waals surface area contributed by atoms with E-state index in [-0.39, 0.29) is 28.1 Å². The SMILES string of the molecule is Cc1cc2c([N+](=O)[O-])ccc(NC(=O)C(F)(F)F)c2o1. The van der Waals surface area contributed by atoms with Crippen LogP contribution in [0.2, 0.25) is 0 Å². The van der Waals surface area contributed by atoms with Crippen molar-refractivity contribution in [2.75, 3.05) is 5.32 Å². The molecule has 1 amide bonds. The molecule has 6 nitrogen and oxygen atoms in total. The van der Waals surface area contributed by atoms with Crippen LogP contribution in [-0.2, 0) is 4.79 Å². The molecule has 0 aliphatic rings. The number of amides is 1. The molecule has 2 rings (SSSR count). The largest absolute Gasteiger partial charge is 0.471 e. The van der Waals surface area contributed by atoms with Gasteiger partial charge in [-0.05, 0) is 19.1 Å². The van der Waals surface area contributed by atoms with Crippen molar-refractivity contribution in [2.45, 2.75) is 13.1 Å². The minimum Gasteiger partial charge on any atom is -0.459 e. The summed E-state index contributed by atoms with van der Waals surface area (Å²) in [6, 6.07) is 3.31. The van der Waals surface area contributed by atoms with Gasteiger partial charge in [-0.2, -0.15) is 13.2 Å². The topological polar surface area (TPSA) is 85.4 Å². The number of hydrogen-bond donors (Lipinski definition) is 1. The fraction of sp³-hybridized carbons (Fsp3) is 0.182. The van der Waals surface area contributed by atoms with Gasteiger partial charge in [-0.15, -0.1) is 0 Å². The second-order valence-corrected chi connectivity index (χ2v) is 3.94. The Balaban J connectivity index is 2.54. The summed E-state index contributed by atoms with van der Waals surface area (Å²) in [5.74, 6) is -1.90. The average Bonchev–Trinajstić information content (AvgIpc) is 2.69. The number of nitrogens with one attached hydrogen (secondary N) is 1. The van der Waals surface area contributed by atoms with Crippen LogP contribution >= 0.6 is 0 Å². The minimum absolute atomic E-state index is 0.0208. The summed E-state index contributed by atoms with van der Waals surface area (Å²) < 4.78 is 41.7. The van der Waals surface area contributed by atoms with Crippen molar-refractivity contribution in [3.05, 3.63) is 34.1 Å². The first-order valence-corrected chi connectivity index (χ1v) is 5.26. The third-order valence-corrected chi connectivity index (χ3v) is 2.49. The molecule has 0 fully saturated rings. The molecule has 0 saturated heterocycles. The monoisotopic (exact) mass is 288 g/mol. The molecule has 2 aromatic rings. The van der Waals surface area contributed by atoms with Gasteiger partial charge in [0, 0.05) is 6.07 Å². The van der Waals surface area contributed by atoms with Gasteiger partial charge in [-0.1, -0.05) is 0 Å². The third-order valence-electron chi connectivity index (χ3n) is 2.49. The molecular weight excluding hydrogens is 281 g/mol. The molecule has 0 aliphatic heterocycles. The molecule has 0 atom stereocenters. The van der Waals surface area contributed by atoms with E-state index in [1.54, 1.807) is 5.32 Å². The van der Waals surface area contributed by atoms with Crippen LogP contribution in [0, 0.1) is 17.0 Å². The fourth-order valence-corrected chi connectivity index (χ4v) is 1.68. The maximum atomic E-state index is 12.2. The van der Waals surface area contributed by atoms with Crippen molar-refractivity contribution in [1.82, 2.24) is 0 Å². The van der Waals surface area contributed by atoms with Gasteiger partial charge >= 0.3 is 12.1 Å². The predicted octanol–water partition coefficient (Wildman–Crippen LogP) is 3.15. The smallest absolute Gasteiger partial charge is 0.459 e. The van der Waals surface area contributed by atoms with Crippen LogP contribution in [0.25, 0.3) is 11.0 Å². The van der Waals surface area contributed by atoms with E-state index in [0.29, 0.717) is 0 Å². The lowest BCUT2D eigenvalue weighted by molar-refractivity contribution is -0.383. The molecule has 0 saturated carbocycles. The number of carbonyl (C=O) groups is 1. The Morgan fingerprint density at radius 1 is 1.40 bits per heavy atom. The maximum Gasteiger partial charge on any atom is 0.471 e. The number of hydrogen-bond acceptors (Lipinski definition) is 4. The number of aryl methyl sites for hydroxylation is 1. The highest BCUT2D eigenvalue weighted by Crippen LogP contribution is 2.34. The number of benzene rings is 1. The minimum atomic E-state index is -5.06. The second kappa shape index (κ2) is 4.51. The highest BCUT2D eigenvalue weighted by atomic mass is 19.4. The highest BCUT2D eigenvalue weighted by molar-refractivity contribution is 6.04. The predicted molar refractivity (Wildman–Crippen MR) is 62.3 cm³/mol. The van der Waals surface area contributed by atoms with Crippen molar-refractivity contribution in [2.24, 2.45) is 0 Å². The molecule has 20 heavy (non-hydrogen) atoms. The average molecular weight is 288 g/mol. The summed E-state index contributed by atoms with van der Waals surface area (Å²) in [7, 11) is 0. The van der Waals surface area contributed by atoms with E-state index in [1.807, 2.05) is 0 Å². The number of anilines is 1. The number of fused-ring (bicyclic) bond motifs is 1. The van der Waals surface area contributed by atoms with Crippen LogP contribution in [0.4, 0.5) is 24.5 Å². The van der Waals surface area contributed by atoms with E-state index in [1.165, 1.54) is 13.0 Å². The van der Waals surface area contributed by atoms with Gasteiger partial charge in [-0.25, -0.2) is 0 Å². The van der Waals surface area contributed by atoms with Gasteiger partial charge in [0.05, 0.1) is 10.6 Å². The first-order valence-electron chi connectivity index (χ1n) is 5.26. The summed E-state index contributed by atoms with van der Waals surface area (Å²) >= 11 is 0. The van der Waals surface area contributed by atoms with Crippen molar-refractivity contribution in [3.63, 3.8) is 0 Å². The quantitative estimate of drug-likeness (QED) is 0.679. The molecule has 0 spiro atoms. The summed E-state index contributed by atoms with van der Waals surface area (Å²) in [5.41, 5.74) is -0.766. The summed E-state index contributed by atoms with van der Waals surface area (Å²) in [5, 5.41) is 12.5. The number of nitro benzene ring substituents is 1. The number of alkyl halides is 3. The Hall–Kier alpha value is -2.58. The zero-order valence-corrected chi connectivity index (χ0v) is 9.95. The zero-order chi connectivity index (χ0) is 15.1. The van der Waals surface area contributed by atoms with Gasteiger partial charge in [0.1, 0.15) is 11.1 Å². The summed E-state index contributed by atoms with van der Waals surface area (Å²) in [4.78, 5) is 21.0. The molecule has 9 heteroatoms. The number of halogens is 3. The van der Waals surface area contributed by atoms with Crippen molar-refractivity contribution < 1.29 is 27.3 Å². The van der Waals surface area contributed by atoms with Crippen LogP contribution in [0.1, 0.15) is 5.76 Å². The van der Waals surface area contributed by atoms with E-state index in [9.17, 15) is 28.1 Å². The lowest BCUT2D eigenvalue weighted by Gasteiger charge is -2.08. The molecule has 1 N–H and O–H groups in total. The highest BCUT2D eigenvalue weighted by Gasteiger charge is 2.39.